The number of halogens is 1. The van der Waals surface area contributed by atoms with Crippen molar-refractivity contribution in [3.63, 3.8) is 0 Å². The van der Waals surface area contributed by atoms with Crippen LogP contribution in [-0.2, 0) is 0 Å². The van der Waals surface area contributed by atoms with Crippen LogP contribution in [0.4, 0.5) is 0 Å². The van der Waals surface area contributed by atoms with E-state index >= 15 is 0 Å². The molecule has 3 heteroatoms. The molecule has 0 amide bonds. The van der Waals surface area contributed by atoms with Crippen LogP contribution < -0.4 is 0 Å². The molecule has 0 aliphatic heterocycles. The number of rotatable bonds is 3. The van der Waals surface area contributed by atoms with E-state index in [-0.39, 0.29) is 6.42 Å². The molecular formula is C15H17ClO2. The Labute approximate surface area is 113 Å². The Balaban J connectivity index is 2.33. The summed E-state index contributed by atoms with van der Waals surface area (Å²) in [7, 11) is 0. The highest BCUT2D eigenvalue weighted by Crippen LogP contribution is 2.50. The second kappa shape index (κ2) is 4.93. The highest BCUT2D eigenvalue weighted by Gasteiger charge is 2.56. The van der Waals surface area contributed by atoms with E-state index in [0.717, 1.165) is 12.0 Å². The van der Waals surface area contributed by atoms with Crippen LogP contribution in [-0.4, -0.2) is 21.4 Å². The van der Waals surface area contributed by atoms with E-state index in [0.29, 0.717) is 12.8 Å². The lowest BCUT2D eigenvalue weighted by Crippen LogP contribution is -2.52. The Morgan fingerprint density at radius 2 is 1.94 bits per heavy atom. The number of benzene rings is 1. The van der Waals surface area contributed by atoms with Gasteiger partial charge in [0.25, 0.3) is 0 Å². The van der Waals surface area contributed by atoms with Crippen molar-refractivity contribution in [3.05, 3.63) is 35.9 Å². The molecule has 1 aromatic carbocycles. The molecule has 1 fully saturated rings. The van der Waals surface area contributed by atoms with Gasteiger partial charge in [-0.1, -0.05) is 30.3 Å². The fourth-order valence-electron chi connectivity index (χ4n) is 2.77. The third-order valence-electron chi connectivity index (χ3n) is 3.86. The van der Waals surface area contributed by atoms with E-state index in [2.05, 4.69) is 5.92 Å². The lowest BCUT2D eigenvalue weighted by atomic mass is 9.79. The molecule has 0 unspecified atom stereocenters. The number of hydrogen-bond donors (Lipinski definition) is 2. The molecule has 0 saturated heterocycles. The van der Waals surface area contributed by atoms with Gasteiger partial charge in [-0.3, -0.25) is 0 Å². The van der Waals surface area contributed by atoms with Crippen molar-refractivity contribution < 1.29 is 10.2 Å². The summed E-state index contributed by atoms with van der Waals surface area (Å²) in [6, 6.07) is 9.32. The van der Waals surface area contributed by atoms with Crippen LogP contribution in [0.15, 0.2) is 30.3 Å². The normalized spacial score (nSPS) is 33.0. The molecule has 0 aromatic heterocycles. The minimum absolute atomic E-state index is 0.125. The number of alkyl halides is 1. The first kappa shape index (κ1) is 13.4. The van der Waals surface area contributed by atoms with Crippen LogP contribution in [0.5, 0.6) is 0 Å². The zero-order valence-corrected chi connectivity index (χ0v) is 10.9. The van der Waals surface area contributed by atoms with Crippen molar-refractivity contribution in [2.75, 3.05) is 0 Å². The maximum absolute atomic E-state index is 10.8. The molecule has 3 atom stereocenters. The Morgan fingerprint density at radius 3 is 2.56 bits per heavy atom. The number of aliphatic hydroxyl groups is 2. The summed E-state index contributed by atoms with van der Waals surface area (Å²) in [4.78, 5) is 0. The predicted molar refractivity (Wildman–Crippen MR) is 72.2 cm³/mol. The molecule has 1 saturated carbocycles. The van der Waals surface area contributed by atoms with Gasteiger partial charge in [0, 0.05) is 6.42 Å². The van der Waals surface area contributed by atoms with Crippen LogP contribution in [0, 0.1) is 12.3 Å². The summed E-state index contributed by atoms with van der Waals surface area (Å²) in [5, 5.41) is 20.7. The Morgan fingerprint density at radius 1 is 1.28 bits per heavy atom. The van der Waals surface area contributed by atoms with E-state index in [4.69, 9.17) is 18.0 Å². The van der Waals surface area contributed by atoms with Crippen LogP contribution in [0.1, 0.15) is 36.6 Å². The van der Waals surface area contributed by atoms with Gasteiger partial charge in [-0.25, -0.2) is 0 Å². The lowest BCUT2D eigenvalue weighted by molar-refractivity contribution is -0.129. The minimum atomic E-state index is -1.36. The number of hydrogen-bond acceptors (Lipinski definition) is 2. The fraction of sp³-hybridized carbons (Fsp3) is 0.467. The van der Waals surface area contributed by atoms with Gasteiger partial charge in [0.2, 0.25) is 0 Å². The third-order valence-corrected chi connectivity index (χ3v) is 4.47. The lowest BCUT2D eigenvalue weighted by Gasteiger charge is -2.40. The smallest absolute Gasteiger partial charge is 0.115 e. The van der Waals surface area contributed by atoms with Gasteiger partial charge in [0.05, 0.1) is 5.38 Å². The molecule has 2 rings (SSSR count). The summed E-state index contributed by atoms with van der Waals surface area (Å²) in [5.41, 5.74) is -1.84. The molecule has 0 heterocycles. The van der Waals surface area contributed by atoms with E-state index in [9.17, 15) is 10.2 Å². The first-order chi connectivity index (χ1) is 8.53. The summed E-state index contributed by atoms with van der Waals surface area (Å²) < 4.78 is 0. The van der Waals surface area contributed by atoms with Crippen molar-refractivity contribution >= 4 is 11.6 Å². The fourth-order valence-corrected chi connectivity index (χ4v) is 3.23. The van der Waals surface area contributed by atoms with Crippen LogP contribution in [0.2, 0.25) is 0 Å². The topological polar surface area (TPSA) is 40.5 Å². The standard InChI is InChI=1S/C15H17ClO2/c1-2-9-14(17)10-6-11-15(14,18)13(16)12-7-4-3-5-8-12/h1,3-5,7-8,13,17-18H,6,9-11H2/t13-,14+,15+/m0/s1. The summed E-state index contributed by atoms with van der Waals surface area (Å²) in [6.07, 6.45) is 7.10. The molecule has 1 aliphatic carbocycles. The van der Waals surface area contributed by atoms with Crippen molar-refractivity contribution in [2.45, 2.75) is 42.3 Å². The van der Waals surface area contributed by atoms with Gasteiger partial charge >= 0.3 is 0 Å². The monoisotopic (exact) mass is 264 g/mol. The summed E-state index contributed by atoms with van der Waals surface area (Å²) >= 11 is 6.40. The van der Waals surface area contributed by atoms with Gasteiger partial charge < -0.3 is 10.2 Å². The van der Waals surface area contributed by atoms with Crippen LogP contribution in [0.3, 0.4) is 0 Å². The quantitative estimate of drug-likeness (QED) is 0.651. The molecule has 1 aromatic rings. The van der Waals surface area contributed by atoms with Gasteiger partial charge in [-0.2, -0.15) is 0 Å². The van der Waals surface area contributed by atoms with Gasteiger partial charge in [0.15, 0.2) is 0 Å². The van der Waals surface area contributed by atoms with E-state index in [1.165, 1.54) is 0 Å². The molecule has 2 nitrogen and oxygen atoms in total. The second-order valence-electron chi connectivity index (χ2n) is 4.96. The Hall–Kier alpha value is -1.01. The maximum Gasteiger partial charge on any atom is 0.115 e. The van der Waals surface area contributed by atoms with Crippen molar-refractivity contribution in [1.82, 2.24) is 0 Å². The minimum Gasteiger partial charge on any atom is -0.386 e. The highest BCUT2D eigenvalue weighted by atomic mass is 35.5. The molecule has 0 bridgehead atoms. The highest BCUT2D eigenvalue weighted by molar-refractivity contribution is 6.21. The largest absolute Gasteiger partial charge is 0.386 e. The molecular weight excluding hydrogens is 248 g/mol. The second-order valence-corrected chi connectivity index (χ2v) is 5.40. The van der Waals surface area contributed by atoms with E-state index in [1.54, 1.807) is 0 Å². The van der Waals surface area contributed by atoms with Crippen LogP contribution in [0.25, 0.3) is 0 Å². The van der Waals surface area contributed by atoms with Crippen molar-refractivity contribution in [3.8, 4) is 12.3 Å². The van der Waals surface area contributed by atoms with E-state index < -0.39 is 16.6 Å². The summed E-state index contributed by atoms with van der Waals surface area (Å²) in [6.45, 7) is 0. The maximum atomic E-state index is 10.8. The molecule has 0 radical (unpaired) electrons. The zero-order chi connectivity index (χ0) is 13.2. The zero-order valence-electron chi connectivity index (χ0n) is 10.1. The first-order valence-electron chi connectivity index (χ1n) is 6.11. The molecule has 96 valence electrons. The van der Waals surface area contributed by atoms with Gasteiger partial charge in [-0.05, 0) is 24.8 Å². The first-order valence-corrected chi connectivity index (χ1v) is 6.54. The average molecular weight is 265 g/mol. The van der Waals surface area contributed by atoms with E-state index in [1.807, 2.05) is 30.3 Å². The van der Waals surface area contributed by atoms with Crippen LogP contribution >= 0.6 is 11.6 Å². The van der Waals surface area contributed by atoms with Crippen molar-refractivity contribution in [2.24, 2.45) is 0 Å². The summed E-state index contributed by atoms with van der Waals surface area (Å²) in [5.74, 6) is 2.44. The van der Waals surface area contributed by atoms with Gasteiger partial charge in [0.1, 0.15) is 11.2 Å². The molecule has 2 N–H and O–H groups in total. The Kier molecular flexibility index (Phi) is 3.68. The predicted octanol–water partition coefficient (Wildman–Crippen LogP) is 2.64. The SMILES string of the molecule is C#CC[C@@]1(O)CCC[C@@]1(O)[C@@H](Cl)c1ccccc1. The number of terminal acetylenes is 1. The average Bonchev–Trinajstić information content (AvgIpc) is 2.67. The molecule has 0 spiro atoms. The van der Waals surface area contributed by atoms with Crippen molar-refractivity contribution in [1.29, 1.82) is 0 Å². The van der Waals surface area contributed by atoms with Gasteiger partial charge in [-0.15, -0.1) is 23.9 Å². The third kappa shape index (κ3) is 2.03. The molecule has 18 heavy (non-hydrogen) atoms. The Bertz CT molecular complexity index is 453. The molecule has 1 aliphatic rings.